The molecule has 2 aromatic carbocycles. The van der Waals surface area contributed by atoms with Crippen molar-refractivity contribution in [3.05, 3.63) is 59.3 Å². The molecule has 0 radical (unpaired) electrons. The highest BCUT2D eigenvalue weighted by Crippen LogP contribution is 2.29. The Morgan fingerprint density at radius 2 is 1.85 bits per heavy atom. The van der Waals surface area contributed by atoms with Crippen molar-refractivity contribution in [3.63, 3.8) is 0 Å². The van der Waals surface area contributed by atoms with E-state index in [4.69, 9.17) is 5.11 Å². The van der Waals surface area contributed by atoms with Crippen molar-refractivity contribution in [1.29, 1.82) is 0 Å². The highest BCUT2D eigenvalue weighted by Gasteiger charge is 2.31. The van der Waals surface area contributed by atoms with Crippen LogP contribution in [0.3, 0.4) is 0 Å². The van der Waals surface area contributed by atoms with Crippen LogP contribution in [0.25, 0.3) is 10.9 Å². The molecule has 1 heterocycles. The highest BCUT2D eigenvalue weighted by atomic mass is 19.4. The lowest BCUT2D eigenvalue weighted by atomic mass is 10.1. The maximum atomic E-state index is 14.0. The Bertz CT molecular complexity index is 953. The summed E-state index contributed by atoms with van der Waals surface area (Å²) in [7, 11) is 0. The molecule has 0 saturated carbocycles. The Morgan fingerprint density at radius 1 is 1.07 bits per heavy atom. The van der Waals surface area contributed by atoms with Crippen LogP contribution in [0.15, 0.2) is 36.4 Å². The quantitative estimate of drug-likeness (QED) is 0.647. The lowest BCUT2D eigenvalue weighted by Crippen LogP contribution is -2.17. The molecule has 0 unspecified atom stereocenters. The number of aliphatic hydroxyl groups is 1. The van der Waals surface area contributed by atoms with E-state index < -0.39 is 23.7 Å². The van der Waals surface area contributed by atoms with Crippen LogP contribution in [0.4, 0.5) is 22.0 Å². The van der Waals surface area contributed by atoms with E-state index >= 15 is 0 Å². The number of hydrogen-bond donors (Lipinski definition) is 1. The van der Waals surface area contributed by atoms with Crippen molar-refractivity contribution in [2.75, 3.05) is 6.61 Å². The molecule has 1 aromatic heterocycles. The summed E-state index contributed by atoms with van der Waals surface area (Å²) in [5.41, 5.74) is 1.00. The van der Waals surface area contributed by atoms with Crippen molar-refractivity contribution < 1.29 is 31.8 Å². The van der Waals surface area contributed by atoms with E-state index in [0.717, 1.165) is 12.1 Å². The second-order valence-electron chi connectivity index (χ2n) is 5.89. The minimum absolute atomic E-state index is 0.0732. The van der Waals surface area contributed by atoms with E-state index in [-0.39, 0.29) is 18.7 Å². The number of halogens is 5. The van der Waals surface area contributed by atoms with Crippen molar-refractivity contribution in [2.24, 2.45) is 0 Å². The molecule has 1 N–H and O–H groups in total. The zero-order valence-electron chi connectivity index (χ0n) is 13.9. The van der Waals surface area contributed by atoms with E-state index in [2.05, 4.69) is 9.84 Å². The molecule has 0 aliphatic heterocycles. The van der Waals surface area contributed by atoms with Gasteiger partial charge in [-0.2, -0.15) is 5.10 Å². The van der Waals surface area contributed by atoms with Crippen molar-refractivity contribution in [2.45, 2.75) is 25.7 Å². The predicted octanol–water partition coefficient (Wildman–Crippen LogP) is 4.19. The molecule has 0 aliphatic carbocycles. The molecule has 3 aromatic rings. The standard InChI is InChI=1S/C18H15F5N2O2/c19-12-4-3-11(15(20)8-12)10-25-17-9-13(27-18(21,22)23)5-6-14(17)16(24-25)2-1-7-26/h3-6,8-9,26H,1-2,7,10H2. The Kier molecular flexibility index (Phi) is 5.31. The van der Waals surface area contributed by atoms with Crippen LogP contribution >= 0.6 is 0 Å². The number of benzene rings is 2. The summed E-state index contributed by atoms with van der Waals surface area (Å²) in [5.74, 6) is -1.94. The van der Waals surface area contributed by atoms with E-state index in [1.54, 1.807) is 0 Å². The van der Waals surface area contributed by atoms with Crippen LogP contribution in [-0.4, -0.2) is 27.9 Å². The minimum Gasteiger partial charge on any atom is -0.406 e. The van der Waals surface area contributed by atoms with E-state index in [9.17, 15) is 22.0 Å². The van der Waals surface area contributed by atoms with E-state index in [0.29, 0.717) is 29.4 Å². The molecule has 0 bridgehead atoms. The smallest absolute Gasteiger partial charge is 0.406 e. The summed E-state index contributed by atoms with van der Waals surface area (Å²) in [6.07, 6.45) is -4.04. The minimum atomic E-state index is -4.85. The van der Waals surface area contributed by atoms with Gasteiger partial charge in [0, 0.05) is 29.7 Å². The van der Waals surface area contributed by atoms with E-state index in [1.807, 2.05) is 0 Å². The Balaban J connectivity index is 2.04. The first kappa shape index (κ1) is 19.1. The van der Waals surface area contributed by atoms with Gasteiger partial charge in [-0.25, -0.2) is 8.78 Å². The second-order valence-corrected chi connectivity index (χ2v) is 5.89. The number of aryl methyl sites for hydroxylation is 1. The Morgan fingerprint density at radius 3 is 2.52 bits per heavy atom. The highest BCUT2D eigenvalue weighted by molar-refractivity contribution is 5.83. The fourth-order valence-electron chi connectivity index (χ4n) is 2.78. The topological polar surface area (TPSA) is 47.3 Å². The lowest BCUT2D eigenvalue weighted by molar-refractivity contribution is -0.274. The molecule has 27 heavy (non-hydrogen) atoms. The van der Waals surface area contributed by atoms with Crippen LogP contribution in [0.2, 0.25) is 0 Å². The maximum absolute atomic E-state index is 14.0. The Hall–Kier alpha value is -2.68. The predicted molar refractivity (Wildman–Crippen MR) is 87.3 cm³/mol. The molecular formula is C18H15F5N2O2. The molecule has 0 spiro atoms. The van der Waals surface area contributed by atoms with Crippen LogP contribution in [0.5, 0.6) is 5.75 Å². The first-order valence-electron chi connectivity index (χ1n) is 8.07. The molecule has 0 atom stereocenters. The van der Waals surface area contributed by atoms with Gasteiger partial charge in [0.1, 0.15) is 17.4 Å². The average molecular weight is 386 g/mol. The molecular weight excluding hydrogens is 371 g/mol. The summed E-state index contributed by atoms with van der Waals surface area (Å²) in [6.45, 7) is -0.173. The Labute approximate surface area is 150 Å². The number of fused-ring (bicyclic) bond motifs is 1. The van der Waals surface area contributed by atoms with Gasteiger partial charge in [-0.15, -0.1) is 13.2 Å². The molecule has 4 nitrogen and oxygen atoms in total. The number of rotatable bonds is 6. The molecule has 0 aliphatic rings. The van der Waals surface area contributed by atoms with Crippen LogP contribution in [0.1, 0.15) is 17.7 Å². The second kappa shape index (κ2) is 7.51. The van der Waals surface area contributed by atoms with Gasteiger partial charge in [0.2, 0.25) is 0 Å². The van der Waals surface area contributed by atoms with Gasteiger partial charge in [-0.1, -0.05) is 6.07 Å². The summed E-state index contributed by atoms with van der Waals surface area (Å²) in [5, 5.41) is 13.9. The van der Waals surface area contributed by atoms with Gasteiger partial charge in [0.25, 0.3) is 0 Å². The largest absolute Gasteiger partial charge is 0.573 e. The fraction of sp³-hybridized carbons (Fsp3) is 0.278. The third-order valence-corrected chi connectivity index (χ3v) is 3.94. The van der Waals surface area contributed by atoms with Crippen LogP contribution in [0, 0.1) is 11.6 Å². The van der Waals surface area contributed by atoms with E-state index in [1.165, 1.54) is 28.9 Å². The lowest BCUT2D eigenvalue weighted by Gasteiger charge is -2.10. The molecule has 144 valence electrons. The number of hydrogen-bond acceptors (Lipinski definition) is 3. The zero-order valence-corrected chi connectivity index (χ0v) is 13.9. The number of aliphatic hydroxyl groups excluding tert-OH is 1. The number of aromatic nitrogens is 2. The molecule has 9 heteroatoms. The summed E-state index contributed by atoms with van der Waals surface area (Å²) in [4.78, 5) is 0. The van der Waals surface area contributed by atoms with Gasteiger partial charge in [0.05, 0.1) is 17.8 Å². The molecule has 3 rings (SSSR count). The summed E-state index contributed by atoms with van der Waals surface area (Å²) >= 11 is 0. The SMILES string of the molecule is OCCCc1nn(Cc2ccc(F)cc2F)c2cc(OC(F)(F)F)ccc12. The maximum Gasteiger partial charge on any atom is 0.573 e. The summed E-state index contributed by atoms with van der Waals surface area (Å²) < 4.78 is 69.8. The monoisotopic (exact) mass is 386 g/mol. The third kappa shape index (κ3) is 4.54. The molecule has 0 fully saturated rings. The van der Waals surface area contributed by atoms with Gasteiger partial charge < -0.3 is 9.84 Å². The normalized spacial score (nSPS) is 11.9. The molecule has 0 saturated heterocycles. The van der Waals surface area contributed by atoms with Gasteiger partial charge in [-0.3, -0.25) is 4.68 Å². The first-order chi connectivity index (χ1) is 12.8. The molecule has 0 amide bonds. The average Bonchev–Trinajstić information content (AvgIpc) is 2.91. The number of ether oxygens (including phenoxy) is 1. The van der Waals surface area contributed by atoms with Crippen LogP contribution in [-0.2, 0) is 13.0 Å². The number of alkyl halides is 3. The zero-order chi connectivity index (χ0) is 19.6. The van der Waals surface area contributed by atoms with Crippen molar-refractivity contribution in [3.8, 4) is 5.75 Å². The van der Waals surface area contributed by atoms with Crippen LogP contribution < -0.4 is 4.74 Å². The number of nitrogens with zero attached hydrogens (tertiary/aromatic N) is 2. The van der Waals surface area contributed by atoms with Gasteiger partial charge in [-0.05, 0) is 31.0 Å². The van der Waals surface area contributed by atoms with Gasteiger partial charge >= 0.3 is 6.36 Å². The van der Waals surface area contributed by atoms with Gasteiger partial charge in [0.15, 0.2) is 0 Å². The fourth-order valence-corrected chi connectivity index (χ4v) is 2.78. The third-order valence-electron chi connectivity index (χ3n) is 3.94. The summed E-state index contributed by atoms with van der Waals surface area (Å²) in [6, 6.07) is 6.85. The first-order valence-corrected chi connectivity index (χ1v) is 8.07. The van der Waals surface area contributed by atoms with Crippen molar-refractivity contribution >= 4 is 10.9 Å². The van der Waals surface area contributed by atoms with Crippen molar-refractivity contribution in [1.82, 2.24) is 9.78 Å².